The van der Waals surface area contributed by atoms with Crippen molar-refractivity contribution in [1.29, 1.82) is 0 Å². The molecule has 0 amide bonds. The van der Waals surface area contributed by atoms with Gasteiger partial charge in [-0.3, -0.25) is 0 Å². The van der Waals surface area contributed by atoms with Gasteiger partial charge in [0.2, 0.25) is 10.0 Å². The molecule has 0 bridgehead atoms. The van der Waals surface area contributed by atoms with Crippen LogP contribution >= 0.6 is 0 Å². The molecule has 0 saturated carbocycles. The maximum atomic E-state index is 12.8. The van der Waals surface area contributed by atoms with E-state index in [1.54, 1.807) is 12.1 Å². The van der Waals surface area contributed by atoms with E-state index < -0.39 is 10.0 Å². The van der Waals surface area contributed by atoms with E-state index in [-0.39, 0.29) is 17.4 Å². The minimum atomic E-state index is -3.66. The van der Waals surface area contributed by atoms with Crippen molar-refractivity contribution in [3.05, 3.63) is 18.2 Å². The Balaban J connectivity index is 2.38. The average molecular weight is 315 g/mol. The molecule has 0 spiro atoms. The van der Waals surface area contributed by atoms with Gasteiger partial charge in [-0.2, -0.15) is 4.31 Å². The van der Waals surface area contributed by atoms with Gasteiger partial charge in [0.05, 0.1) is 14.2 Å². The largest absolute Gasteiger partial charge is 0.497 e. The SMILES string of the molecule is COc1ccc(OC)c(S(=O)(=O)N2CCCC(CO)C2)c1. The van der Waals surface area contributed by atoms with Crippen LogP contribution in [0.3, 0.4) is 0 Å². The van der Waals surface area contributed by atoms with Crippen molar-refractivity contribution in [2.24, 2.45) is 5.92 Å². The van der Waals surface area contributed by atoms with Gasteiger partial charge in [0.1, 0.15) is 16.4 Å². The lowest BCUT2D eigenvalue weighted by Crippen LogP contribution is -2.41. The third-order valence-electron chi connectivity index (χ3n) is 3.73. The van der Waals surface area contributed by atoms with E-state index in [9.17, 15) is 13.5 Å². The molecule has 1 N–H and O–H groups in total. The fraction of sp³-hybridized carbons (Fsp3) is 0.571. The molecule has 7 heteroatoms. The van der Waals surface area contributed by atoms with Crippen molar-refractivity contribution >= 4 is 10.0 Å². The highest BCUT2D eigenvalue weighted by Gasteiger charge is 2.32. The summed E-state index contributed by atoms with van der Waals surface area (Å²) in [6.45, 7) is 0.791. The number of rotatable bonds is 5. The number of aliphatic hydroxyl groups excluding tert-OH is 1. The molecule has 1 aliphatic heterocycles. The number of nitrogens with zero attached hydrogens (tertiary/aromatic N) is 1. The number of aliphatic hydroxyl groups is 1. The van der Waals surface area contributed by atoms with Crippen molar-refractivity contribution in [1.82, 2.24) is 4.31 Å². The molecule has 0 aromatic heterocycles. The normalized spacial score (nSPS) is 20.2. The Morgan fingerprint density at radius 2 is 2.10 bits per heavy atom. The molecule has 0 aliphatic carbocycles. The standard InChI is InChI=1S/C14H21NO5S/c1-19-12-5-6-13(20-2)14(8-12)21(17,18)15-7-3-4-11(9-15)10-16/h5-6,8,11,16H,3-4,7,9-10H2,1-2H3. The Kier molecular flexibility index (Phi) is 5.08. The molecule has 21 heavy (non-hydrogen) atoms. The molecule has 6 nitrogen and oxygen atoms in total. The summed E-state index contributed by atoms with van der Waals surface area (Å²) >= 11 is 0. The van der Waals surface area contributed by atoms with Crippen molar-refractivity contribution in [2.75, 3.05) is 33.9 Å². The monoisotopic (exact) mass is 315 g/mol. The van der Waals surface area contributed by atoms with Crippen LogP contribution in [-0.2, 0) is 10.0 Å². The van der Waals surface area contributed by atoms with Crippen LogP contribution in [0.2, 0.25) is 0 Å². The van der Waals surface area contributed by atoms with Crippen LogP contribution in [0.4, 0.5) is 0 Å². The molecule has 1 fully saturated rings. The molecule has 1 heterocycles. The average Bonchev–Trinajstić information content (AvgIpc) is 2.54. The van der Waals surface area contributed by atoms with E-state index in [0.29, 0.717) is 24.6 Å². The van der Waals surface area contributed by atoms with Crippen LogP contribution in [0.5, 0.6) is 11.5 Å². The number of hydrogen-bond donors (Lipinski definition) is 1. The van der Waals surface area contributed by atoms with Gasteiger partial charge in [-0.25, -0.2) is 8.42 Å². The van der Waals surface area contributed by atoms with Crippen molar-refractivity contribution in [3.63, 3.8) is 0 Å². The van der Waals surface area contributed by atoms with E-state index in [0.717, 1.165) is 12.8 Å². The Bertz CT molecular complexity index is 587. The van der Waals surface area contributed by atoms with Gasteiger partial charge in [-0.15, -0.1) is 0 Å². The first-order valence-corrected chi connectivity index (χ1v) is 8.30. The summed E-state index contributed by atoms with van der Waals surface area (Å²) in [4.78, 5) is 0.0999. The van der Waals surface area contributed by atoms with Crippen molar-refractivity contribution in [2.45, 2.75) is 17.7 Å². The van der Waals surface area contributed by atoms with Gasteiger partial charge < -0.3 is 14.6 Å². The first-order valence-electron chi connectivity index (χ1n) is 6.86. The van der Waals surface area contributed by atoms with E-state index in [4.69, 9.17) is 9.47 Å². The molecular formula is C14H21NO5S. The molecule has 1 aromatic rings. The summed E-state index contributed by atoms with van der Waals surface area (Å²) in [5, 5.41) is 9.26. The zero-order valence-electron chi connectivity index (χ0n) is 12.3. The summed E-state index contributed by atoms with van der Waals surface area (Å²) in [6, 6.07) is 4.71. The third kappa shape index (κ3) is 3.30. The summed E-state index contributed by atoms with van der Waals surface area (Å²) < 4.78 is 37.3. The lowest BCUT2D eigenvalue weighted by Gasteiger charge is -2.31. The zero-order valence-corrected chi connectivity index (χ0v) is 13.1. The van der Waals surface area contributed by atoms with E-state index in [1.165, 1.54) is 24.6 Å². The summed E-state index contributed by atoms with van der Waals surface area (Å²) in [7, 11) is -0.738. The molecule has 1 aliphatic rings. The predicted octanol–water partition coefficient (Wildman–Crippen LogP) is 1.10. The van der Waals surface area contributed by atoms with Crippen LogP contribution in [-0.4, -0.2) is 51.7 Å². The van der Waals surface area contributed by atoms with Gasteiger partial charge in [0.25, 0.3) is 0 Å². The molecule has 1 unspecified atom stereocenters. The number of hydrogen-bond acceptors (Lipinski definition) is 5. The second-order valence-corrected chi connectivity index (χ2v) is 6.98. The fourth-order valence-corrected chi connectivity index (χ4v) is 4.24. The van der Waals surface area contributed by atoms with Crippen LogP contribution < -0.4 is 9.47 Å². The summed E-state index contributed by atoms with van der Waals surface area (Å²) in [5.74, 6) is 0.747. The van der Waals surface area contributed by atoms with Crippen molar-refractivity contribution in [3.8, 4) is 11.5 Å². The van der Waals surface area contributed by atoms with Crippen LogP contribution in [0.1, 0.15) is 12.8 Å². The fourth-order valence-electron chi connectivity index (χ4n) is 2.52. The third-order valence-corrected chi connectivity index (χ3v) is 5.61. The maximum absolute atomic E-state index is 12.8. The molecule has 2 rings (SSSR count). The Morgan fingerprint density at radius 1 is 1.33 bits per heavy atom. The van der Waals surface area contributed by atoms with E-state index >= 15 is 0 Å². The summed E-state index contributed by atoms with van der Waals surface area (Å²) in [6.07, 6.45) is 1.59. The minimum absolute atomic E-state index is 0.00126. The summed E-state index contributed by atoms with van der Waals surface area (Å²) in [5.41, 5.74) is 0. The highest BCUT2D eigenvalue weighted by Crippen LogP contribution is 2.32. The first-order chi connectivity index (χ1) is 10.0. The van der Waals surface area contributed by atoms with Crippen LogP contribution in [0.15, 0.2) is 23.1 Å². The molecule has 1 saturated heterocycles. The Morgan fingerprint density at radius 3 is 2.71 bits per heavy atom. The Hall–Kier alpha value is -1.31. The lowest BCUT2D eigenvalue weighted by molar-refractivity contribution is 0.165. The molecule has 1 atom stereocenters. The number of methoxy groups -OCH3 is 2. The second kappa shape index (κ2) is 6.64. The van der Waals surface area contributed by atoms with Gasteiger partial charge in [-0.05, 0) is 30.9 Å². The number of benzene rings is 1. The molecule has 0 radical (unpaired) electrons. The van der Waals surface area contributed by atoms with Gasteiger partial charge in [0, 0.05) is 25.8 Å². The minimum Gasteiger partial charge on any atom is -0.497 e. The number of ether oxygens (including phenoxy) is 2. The maximum Gasteiger partial charge on any atom is 0.246 e. The second-order valence-electron chi connectivity index (χ2n) is 5.07. The predicted molar refractivity (Wildman–Crippen MR) is 78.1 cm³/mol. The van der Waals surface area contributed by atoms with Crippen LogP contribution in [0.25, 0.3) is 0 Å². The molecule has 1 aromatic carbocycles. The highest BCUT2D eigenvalue weighted by atomic mass is 32.2. The van der Waals surface area contributed by atoms with Crippen molar-refractivity contribution < 1.29 is 23.0 Å². The number of sulfonamides is 1. The van der Waals surface area contributed by atoms with Crippen LogP contribution in [0, 0.1) is 5.92 Å². The number of piperidine rings is 1. The lowest BCUT2D eigenvalue weighted by atomic mass is 10.0. The highest BCUT2D eigenvalue weighted by molar-refractivity contribution is 7.89. The molecular weight excluding hydrogens is 294 g/mol. The van der Waals surface area contributed by atoms with Gasteiger partial charge in [-0.1, -0.05) is 0 Å². The smallest absolute Gasteiger partial charge is 0.246 e. The van der Waals surface area contributed by atoms with Gasteiger partial charge in [0.15, 0.2) is 0 Å². The Labute approximate surface area is 125 Å². The first kappa shape index (κ1) is 16.1. The van der Waals surface area contributed by atoms with E-state index in [1.807, 2.05) is 0 Å². The quantitative estimate of drug-likeness (QED) is 0.880. The van der Waals surface area contributed by atoms with Gasteiger partial charge >= 0.3 is 0 Å². The topological polar surface area (TPSA) is 76.1 Å². The zero-order chi connectivity index (χ0) is 15.5. The van der Waals surface area contributed by atoms with E-state index in [2.05, 4.69) is 0 Å². The molecule has 118 valence electrons.